The SMILES string of the molecule is O=P[NH][Hf]. The van der Waals surface area contributed by atoms with Crippen molar-refractivity contribution in [3.63, 3.8) is 0 Å². The topological polar surface area (TPSA) is 29.1 Å². The summed E-state index contributed by atoms with van der Waals surface area (Å²) in [4.78, 5) is 0. The zero-order chi connectivity index (χ0) is 3.41. The Bertz CT molecular complexity index is 22.0. The molecule has 4 heavy (non-hydrogen) atoms. The second-order valence-corrected chi connectivity index (χ2v) is 3.02. The molecule has 0 rings (SSSR count). The molecule has 0 heterocycles. The molecule has 0 aliphatic carbocycles. The van der Waals surface area contributed by atoms with Gasteiger partial charge in [-0.1, -0.05) is 0 Å². The van der Waals surface area contributed by atoms with Crippen molar-refractivity contribution in [1.82, 2.24) is 3.07 Å². The quantitative estimate of drug-likeness (QED) is 0.526. The van der Waals surface area contributed by atoms with Crippen LogP contribution in [-0.4, -0.2) is 0 Å². The third kappa shape index (κ3) is 2.93. The minimum atomic E-state index is 0.0602. The first-order valence-corrected chi connectivity index (χ1v) is 3.26. The third-order valence-electron chi connectivity index (χ3n) is 0.0456. The average molecular weight is 240 g/mol. The van der Waals surface area contributed by atoms with Crippen molar-refractivity contribution in [2.24, 2.45) is 0 Å². The van der Waals surface area contributed by atoms with Crippen LogP contribution in [0.3, 0.4) is 0 Å². The summed E-state index contributed by atoms with van der Waals surface area (Å²) in [5.74, 6) is 0. The van der Waals surface area contributed by atoms with Crippen LogP contribution in [0.5, 0.6) is 0 Å². The van der Waals surface area contributed by atoms with E-state index in [0.29, 0.717) is 0 Å². The molecule has 0 unspecified atom stereocenters. The maximum absolute atomic E-state index is 9.19. The molecule has 0 aliphatic heterocycles. The van der Waals surface area contributed by atoms with Crippen LogP contribution in [0.4, 0.5) is 0 Å². The van der Waals surface area contributed by atoms with Gasteiger partial charge in [-0.15, -0.1) is 0 Å². The molecule has 0 aliphatic rings. The number of nitrogens with one attached hydrogen (secondary N) is 1. The molecule has 2 nitrogen and oxygen atoms in total. The van der Waals surface area contributed by atoms with Gasteiger partial charge >= 0.3 is 40.9 Å². The van der Waals surface area contributed by atoms with E-state index in [1.54, 1.807) is 0 Å². The van der Waals surface area contributed by atoms with E-state index >= 15 is 0 Å². The van der Waals surface area contributed by atoms with Crippen molar-refractivity contribution in [2.75, 3.05) is 0 Å². The van der Waals surface area contributed by atoms with E-state index in [9.17, 15) is 4.57 Å². The van der Waals surface area contributed by atoms with Crippen LogP contribution in [-0.2, 0) is 29.2 Å². The van der Waals surface area contributed by atoms with Gasteiger partial charge in [-0.05, 0) is 0 Å². The fourth-order valence-corrected chi connectivity index (χ4v) is 0. The Kier molecular flexibility index (Phi) is 4.84. The molecular weight excluding hydrogens is 239 g/mol. The number of rotatable bonds is 1. The van der Waals surface area contributed by atoms with Crippen molar-refractivity contribution in [3.05, 3.63) is 0 Å². The second-order valence-electron chi connectivity index (χ2n) is 0.203. The molecular formula is HHfNOP. The summed E-state index contributed by atoms with van der Waals surface area (Å²) in [6.07, 6.45) is 0. The predicted octanol–water partition coefficient (Wildman–Crippen LogP) is 0.244. The van der Waals surface area contributed by atoms with E-state index in [0.717, 1.165) is 24.7 Å². The zero-order valence-corrected chi connectivity index (χ0v) is 6.34. The van der Waals surface area contributed by atoms with E-state index < -0.39 is 0 Å². The first kappa shape index (κ1) is 4.93. The molecule has 0 atom stereocenters. The minimum absolute atomic E-state index is 0.0602. The van der Waals surface area contributed by atoms with Gasteiger partial charge in [-0.3, -0.25) is 0 Å². The average Bonchev–Trinajstić information content (AvgIpc) is 1.37. The van der Waals surface area contributed by atoms with Crippen molar-refractivity contribution in [2.45, 2.75) is 0 Å². The zero-order valence-electron chi connectivity index (χ0n) is 1.86. The second kappa shape index (κ2) is 3.93. The molecule has 0 aromatic heterocycles. The van der Waals surface area contributed by atoms with Crippen LogP contribution < -0.4 is 3.07 Å². The van der Waals surface area contributed by atoms with Gasteiger partial charge in [0.25, 0.3) is 0 Å². The molecule has 4 heteroatoms. The first-order valence-electron chi connectivity index (χ1n) is 0.656. The summed E-state index contributed by atoms with van der Waals surface area (Å²) in [5.41, 5.74) is 0. The summed E-state index contributed by atoms with van der Waals surface area (Å²) in [7, 11) is 0.0602. The van der Waals surface area contributed by atoms with Crippen LogP contribution in [0.1, 0.15) is 0 Å². The number of hydrogen-bond donors (Lipinski definition) is 1. The van der Waals surface area contributed by atoms with Gasteiger partial charge in [0, 0.05) is 0 Å². The third-order valence-corrected chi connectivity index (χ3v) is 1.12. The number of hydrogen-bond acceptors (Lipinski definition) is 1. The fraction of sp³-hybridized carbons (Fsp3) is 0. The van der Waals surface area contributed by atoms with E-state index in [1.807, 2.05) is 0 Å². The van der Waals surface area contributed by atoms with Gasteiger partial charge in [-0.2, -0.15) is 0 Å². The molecule has 0 radical (unpaired) electrons. The summed E-state index contributed by atoms with van der Waals surface area (Å²) >= 11 is 0.815. The maximum atomic E-state index is 9.19. The van der Waals surface area contributed by atoms with Gasteiger partial charge < -0.3 is 0 Å². The van der Waals surface area contributed by atoms with Crippen LogP contribution in [0, 0.1) is 0 Å². The first-order chi connectivity index (χ1) is 1.91. The summed E-state index contributed by atoms with van der Waals surface area (Å²) in [5, 5.41) is 0. The van der Waals surface area contributed by atoms with Gasteiger partial charge in [0.1, 0.15) is 0 Å². The Balaban J connectivity index is 2.30. The standard InChI is InChI=1S/Hf.HNOP/c;1-3-2/h;(H-,1,2)/q+1;-1. The molecule has 0 saturated carbocycles. The van der Waals surface area contributed by atoms with Crippen LogP contribution >= 0.6 is 8.61 Å². The summed E-state index contributed by atoms with van der Waals surface area (Å²) in [6.45, 7) is 0. The van der Waals surface area contributed by atoms with Crippen LogP contribution in [0.15, 0.2) is 0 Å². The van der Waals surface area contributed by atoms with Crippen molar-refractivity contribution in [3.8, 4) is 0 Å². The molecule has 0 amide bonds. The van der Waals surface area contributed by atoms with Crippen molar-refractivity contribution >= 4 is 8.61 Å². The van der Waals surface area contributed by atoms with Crippen molar-refractivity contribution in [1.29, 1.82) is 0 Å². The molecule has 0 saturated heterocycles. The fourth-order valence-electron chi connectivity index (χ4n) is 0. The molecule has 0 bridgehead atoms. The Morgan fingerprint density at radius 2 is 2.25 bits per heavy atom. The van der Waals surface area contributed by atoms with Gasteiger partial charge in [0.05, 0.1) is 0 Å². The van der Waals surface area contributed by atoms with E-state index in [-0.39, 0.29) is 8.61 Å². The van der Waals surface area contributed by atoms with Gasteiger partial charge in [0.15, 0.2) is 0 Å². The van der Waals surface area contributed by atoms with Gasteiger partial charge in [0.2, 0.25) is 0 Å². The Morgan fingerprint density at radius 1 is 2.00 bits per heavy atom. The molecule has 0 aromatic rings. The monoisotopic (exact) mass is 242 g/mol. The van der Waals surface area contributed by atoms with E-state index in [1.165, 1.54) is 0 Å². The molecule has 1 N–H and O–H groups in total. The molecule has 0 aromatic carbocycles. The summed E-state index contributed by atoms with van der Waals surface area (Å²) in [6, 6.07) is 0. The van der Waals surface area contributed by atoms with E-state index in [4.69, 9.17) is 0 Å². The van der Waals surface area contributed by atoms with Crippen LogP contribution in [0.25, 0.3) is 0 Å². The molecule has 21 valence electrons. The predicted molar refractivity (Wildman–Crippen MR) is 10.7 cm³/mol. The van der Waals surface area contributed by atoms with Crippen molar-refractivity contribution < 1.29 is 29.2 Å². The Morgan fingerprint density at radius 3 is 2.25 bits per heavy atom. The Hall–Kier alpha value is 0.930. The molecule has 0 spiro atoms. The van der Waals surface area contributed by atoms with Crippen LogP contribution in [0.2, 0.25) is 0 Å². The Labute approximate surface area is 41.2 Å². The van der Waals surface area contributed by atoms with Gasteiger partial charge in [-0.25, -0.2) is 0 Å². The normalized spacial score (nSPS) is 7.75. The summed E-state index contributed by atoms with van der Waals surface area (Å²) < 4.78 is 11.7. The van der Waals surface area contributed by atoms with E-state index in [2.05, 4.69) is 3.07 Å². The molecule has 0 fully saturated rings.